The van der Waals surface area contributed by atoms with Crippen molar-refractivity contribution in [2.75, 3.05) is 12.4 Å². The van der Waals surface area contributed by atoms with E-state index in [1.807, 2.05) is 6.92 Å². The monoisotopic (exact) mass is 324 g/mol. The van der Waals surface area contributed by atoms with Gasteiger partial charge in [-0.05, 0) is 30.7 Å². The van der Waals surface area contributed by atoms with Crippen LogP contribution in [0.3, 0.4) is 0 Å². The molecule has 0 aliphatic carbocycles. The summed E-state index contributed by atoms with van der Waals surface area (Å²) in [6.07, 6.45) is 0.704. The van der Waals surface area contributed by atoms with Crippen molar-refractivity contribution in [1.29, 1.82) is 0 Å². The van der Waals surface area contributed by atoms with Crippen LogP contribution in [0.4, 0.5) is 5.69 Å². The molecule has 1 N–H and O–H groups in total. The normalized spacial score (nSPS) is 10.3. The van der Waals surface area contributed by atoms with Gasteiger partial charge in [0.25, 0.3) is 5.91 Å². The molecule has 0 saturated carbocycles. The number of ether oxygens (including phenoxy) is 1. The van der Waals surface area contributed by atoms with E-state index in [-0.39, 0.29) is 5.91 Å². The second-order valence-electron chi connectivity index (χ2n) is 4.33. The molecule has 2 rings (SSSR count). The summed E-state index contributed by atoms with van der Waals surface area (Å²) in [5, 5.41) is 3.56. The third kappa shape index (κ3) is 3.86. The van der Waals surface area contributed by atoms with Crippen LogP contribution in [0, 0.1) is 0 Å². The third-order valence-corrected chi connectivity index (χ3v) is 3.39. The average Bonchev–Trinajstić information content (AvgIpc) is 2.48. The quantitative estimate of drug-likeness (QED) is 0.857. The third-order valence-electron chi connectivity index (χ3n) is 2.88. The second kappa shape index (κ2) is 6.78. The molecule has 0 bridgehead atoms. The number of nitrogens with zero attached hydrogens (tertiary/aromatic N) is 1. The fraction of sp³-hybridized carbons (Fsp3) is 0.200. The minimum Gasteiger partial charge on any atom is -0.495 e. The van der Waals surface area contributed by atoms with Crippen LogP contribution in [0.25, 0.3) is 0 Å². The number of carbonyl (C=O) groups is 1. The van der Waals surface area contributed by atoms with Crippen molar-refractivity contribution in [2.45, 2.75) is 13.3 Å². The number of benzene rings is 1. The van der Waals surface area contributed by atoms with E-state index in [9.17, 15) is 4.79 Å². The van der Waals surface area contributed by atoms with Crippen molar-refractivity contribution in [1.82, 2.24) is 4.98 Å². The summed E-state index contributed by atoms with van der Waals surface area (Å²) in [5.41, 5.74) is 1.81. The van der Waals surface area contributed by atoms with Crippen LogP contribution < -0.4 is 10.1 Å². The van der Waals surface area contributed by atoms with Gasteiger partial charge >= 0.3 is 0 Å². The maximum Gasteiger partial charge on any atom is 0.255 e. The summed E-state index contributed by atoms with van der Waals surface area (Å²) in [4.78, 5) is 16.4. The van der Waals surface area contributed by atoms with Gasteiger partial charge in [-0.25, -0.2) is 4.98 Å². The van der Waals surface area contributed by atoms with Crippen LogP contribution in [0.5, 0.6) is 5.75 Å². The van der Waals surface area contributed by atoms with E-state index in [0.717, 1.165) is 5.69 Å². The van der Waals surface area contributed by atoms with Gasteiger partial charge in [0.15, 0.2) is 0 Å². The Kier molecular flexibility index (Phi) is 5.04. The van der Waals surface area contributed by atoms with E-state index in [2.05, 4.69) is 10.3 Å². The van der Waals surface area contributed by atoms with Crippen LogP contribution in [0.15, 0.2) is 30.3 Å². The Morgan fingerprint density at radius 3 is 2.71 bits per heavy atom. The Balaban J connectivity index is 2.23. The van der Waals surface area contributed by atoms with Crippen molar-refractivity contribution in [3.8, 4) is 5.75 Å². The fourth-order valence-corrected chi connectivity index (χ4v) is 2.23. The van der Waals surface area contributed by atoms with Gasteiger partial charge in [-0.2, -0.15) is 0 Å². The zero-order chi connectivity index (χ0) is 15.4. The van der Waals surface area contributed by atoms with Crippen LogP contribution in [0.2, 0.25) is 10.2 Å². The summed E-state index contributed by atoms with van der Waals surface area (Å²) in [6, 6.07) is 8.26. The van der Waals surface area contributed by atoms with E-state index in [0.29, 0.717) is 33.6 Å². The smallest absolute Gasteiger partial charge is 0.255 e. The molecule has 21 heavy (non-hydrogen) atoms. The lowest BCUT2D eigenvalue weighted by molar-refractivity contribution is 0.102. The highest BCUT2D eigenvalue weighted by atomic mass is 35.5. The number of rotatable bonds is 4. The molecule has 0 radical (unpaired) electrons. The molecule has 1 aromatic heterocycles. The lowest BCUT2D eigenvalue weighted by atomic mass is 10.2. The number of carbonyl (C=O) groups excluding carboxylic acids is 1. The molecule has 0 fully saturated rings. The molecule has 0 aliphatic heterocycles. The SMILES string of the molecule is CCc1cc(C(=O)Nc2ccc(Cl)c(OC)c2)cc(Cl)n1. The predicted molar refractivity (Wildman–Crippen MR) is 84.6 cm³/mol. The molecule has 110 valence electrons. The minimum absolute atomic E-state index is 0.265. The van der Waals surface area contributed by atoms with Crippen molar-refractivity contribution in [3.63, 3.8) is 0 Å². The molecule has 2 aromatic rings. The first kappa shape index (κ1) is 15.6. The maximum absolute atomic E-state index is 12.2. The number of halogens is 2. The van der Waals surface area contributed by atoms with Gasteiger partial charge in [0.2, 0.25) is 0 Å². The molecule has 6 heteroatoms. The summed E-state index contributed by atoms with van der Waals surface area (Å²) < 4.78 is 5.11. The van der Waals surface area contributed by atoms with Gasteiger partial charge in [0.05, 0.1) is 12.1 Å². The fourth-order valence-electron chi connectivity index (χ4n) is 1.80. The Morgan fingerprint density at radius 1 is 1.29 bits per heavy atom. The molecule has 0 spiro atoms. The number of nitrogens with one attached hydrogen (secondary N) is 1. The van der Waals surface area contributed by atoms with Crippen molar-refractivity contribution < 1.29 is 9.53 Å². The molecule has 0 atom stereocenters. The minimum atomic E-state index is -0.265. The summed E-state index contributed by atoms with van der Waals surface area (Å²) in [5.74, 6) is 0.231. The van der Waals surface area contributed by atoms with Crippen LogP contribution in [-0.4, -0.2) is 18.0 Å². The molecular weight excluding hydrogens is 311 g/mol. The highest BCUT2D eigenvalue weighted by Crippen LogP contribution is 2.27. The van der Waals surface area contributed by atoms with Crippen LogP contribution in [0.1, 0.15) is 23.0 Å². The number of amides is 1. The molecule has 1 amide bonds. The molecule has 1 aromatic carbocycles. The highest BCUT2D eigenvalue weighted by molar-refractivity contribution is 6.32. The van der Waals surface area contributed by atoms with Crippen molar-refractivity contribution >= 4 is 34.8 Å². The molecule has 0 aliphatic rings. The molecule has 0 saturated heterocycles. The van der Waals surface area contributed by atoms with E-state index < -0.39 is 0 Å². The average molecular weight is 325 g/mol. The molecular formula is C15H14Cl2N2O2. The van der Waals surface area contributed by atoms with Crippen LogP contribution >= 0.6 is 23.2 Å². The predicted octanol–water partition coefficient (Wildman–Crippen LogP) is 4.21. The summed E-state index contributed by atoms with van der Waals surface area (Å²) >= 11 is 11.9. The molecule has 4 nitrogen and oxygen atoms in total. The van der Waals surface area contributed by atoms with E-state index in [1.54, 1.807) is 24.3 Å². The van der Waals surface area contributed by atoms with Crippen LogP contribution in [-0.2, 0) is 6.42 Å². The first-order chi connectivity index (χ1) is 10.0. The zero-order valence-electron chi connectivity index (χ0n) is 11.6. The Hall–Kier alpha value is -1.78. The number of anilines is 1. The van der Waals surface area contributed by atoms with Gasteiger partial charge in [0, 0.05) is 23.0 Å². The number of hydrogen-bond donors (Lipinski definition) is 1. The molecule has 1 heterocycles. The van der Waals surface area contributed by atoms with Gasteiger partial charge in [-0.1, -0.05) is 30.1 Å². The highest BCUT2D eigenvalue weighted by Gasteiger charge is 2.10. The summed E-state index contributed by atoms with van der Waals surface area (Å²) in [6.45, 7) is 1.95. The number of aromatic nitrogens is 1. The number of pyridine rings is 1. The second-order valence-corrected chi connectivity index (χ2v) is 5.12. The lowest BCUT2D eigenvalue weighted by Gasteiger charge is -2.09. The molecule has 0 unspecified atom stereocenters. The number of methoxy groups -OCH3 is 1. The Labute approximate surface area is 133 Å². The standard InChI is InChI=1S/C15H14Cl2N2O2/c1-3-10-6-9(7-14(17)18-10)15(20)19-11-4-5-12(16)13(8-11)21-2/h4-8H,3H2,1-2H3,(H,19,20). The topological polar surface area (TPSA) is 51.2 Å². The van der Waals surface area contributed by atoms with Crippen molar-refractivity contribution in [2.24, 2.45) is 0 Å². The Bertz CT molecular complexity index is 675. The van der Waals surface area contributed by atoms with Gasteiger partial charge in [0.1, 0.15) is 10.9 Å². The zero-order valence-corrected chi connectivity index (χ0v) is 13.1. The largest absolute Gasteiger partial charge is 0.495 e. The number of hydrogen-bond acceptors (Lipinski definition) is 3. The van der Waals surface area contributed by atoms with Gasteiger partial charge < -0.3 is 10.1 Å². The van der Waals surface area contributed by atoms with E-state index >= 15 is 0 Å². The van der Waals surface area contributed by atoms with Gasteiger partial charge in [-0.15, -0.1) is 0 Å². The maximum atomic E-state index is 12.2. The Morgan fingerprint density at radius 2 is 2.05 bits per heavy atom. The van der Waals surface area contributed by atoms with Gasteiger partial charge in [-0.3, -0.25) is 4.79 Å². The number of aryl methyl sites for hydroxylation is 1. The van der Waals surface area contributed by atoms with E-state index in [1.165, 1.54) is 13.2 Å². The first-order valence-corrected chi connectivity index (χ1v) is 7.10. The van der Waals surface area contributed by atoms with E-state index in [4.69, 9.17) is 27.9 Å². The summed E-state index contributed by atoms with van der Waals surface area (Å²) in [7, 11) is 1.52. The van der Waals surface area contributed by atoms with Crippen molar-refractivity contribution in [3.05, 3.63) is 51.8 Å². The lowest BCUT2D eigenvalue weighted by Crippen LogP contribution is -2.12. The first-order valence-electron chi connectivity index (χ1n) is 6.35.